The number of allylic oxidation sites excluding steroid dienone is 5. The summed E-state index contributed by atoms with van der Waals surface area (Å²) in [5.41, 5.74) is 1.38. The first-order chi connectivity index (χ1) is 17.3. The molecule has 37 heavy (non-hydrogen) atoms. The maximum Gasteiger partial charge on any atom is 0.199 e. The summed E-state index contributed by atoms with van der Waals surface area (Å²) in [4.78, 5) is 14.2. The van der Waals surface area contributed by atoms with E-state index in [9.17, 15) is 14.3 Å². The molecule has 0 radical (unpaired) electrons. The number of carbonyl (C=O) groups is 1. The number of anilines is 1. The van der Waals surface area contributed by atoms with Crippen molar-refractivity contribution >= 4 is 36.2 Å². The number of carbonyl (C=O) groups excluding carboxylic acids is 1. The molecule has 1 aliphatic carbocycles. The van der Waals surface area contributed by atoms with Gasteiger partial charge in [-0.05, 0) is 51.7 Å². The predicted octanol–water partition coefficient (Wildman–Crippen LogP) is 3.97. The molecule has 0 fully saturated rings. The monoisotopic (exact) mass is 524 g/mol. The van der Waals surface area contributed by atoms with E-state index in [0.29, 0.717) is 17.6 Å². The van der Waals surface area contributed by atoms with Gasteiger partial charge in [-0.1, -0.05) is 32.5 Å². The summed E-state index contributed by atoms with van der Waals surface area (Å²) in [6.45, 7) is 6.09. The third-order valence-corrected chi connectivity index (χ3v) is 10.8. The number of hydrogen-bond acceptors (Lipinski definition) is 3. The Morgan fingerprint density at radius 1 is 1.05 bits per heavy atom. The van der Waals surface area contributed by atoms with Gasteiger partial charge in [0.15, 0.2) is 17.3 Å². The van der Waals surface area contributed by atoms with Crippen LogP contribution in [0, 0.1) is 17.5 Å². The summed E-state index contributed by atoms with van der Waals surface area (Å²) in [6, 6.07) is 5.74. The van der Waals surface area contributed by atoms with E-state index in [2.05, 4.69) is 13.1 Å². The van der Waals surface area contributed by atoms with Crippen LogP contribution in [0.4, 0.5) is 18.9 Å². The minimum absolute atomic E-state index is 0.0682. The second-order valence-electron chi connectivity index (χ2n) is 10.5. The maximum absolute atomic E-state index is 16.2. The normalized spacial score (nSPS) is 15.8. The summed E-state index contributed by atoms with van der Waals surface area (Å²) in [5, 5.41) is 14.1. The van der Waals surface area contributed by atoms with Crippen LogP contribution in [0.2, 0.25) is 13.1 Å². The summed E-state index contributed by atoms with van der Waals surface area (Å²) in [7, 11) is 5.27. The fraction of sp³-hybridized carbons (Fsp3) is 0.310. The third kappa shape index (κ3) is 4.17. The van der Waals surface area contributed by atoms with Gasteiger partial charge in [-0.2, -0.15) is 0 Å². The lowest BCUT2D eigenvalue weighted by Gasteiger charge is -2.38. The first kappa shape index (κ1) is 26.7. The Kier molecular flexibility index (Phi) is 6.83. The van der Waals surface area contributed by atoms with E-state index in [1.54, 1.807) is 6.92 Å². The van der Waals surface area contributed by atoms with Crippen molar-refractivity contribution < 1.29 is 27.6 Å². The highest BCUT2D eigenvalue weighted by Gasteiger charge is 2.42. The molecule has 2 aromatic rings. The standard InChI is InChI=1S/C29H31F3N2O2Si/c1-8-9-20-26(30)24(25(29(35)36)28(32)27(20)31)23-18-12-10-16(33(2)3)14-21(18)37(6,7)22-15-17(34(4)5)11-13-19(22)23/h10-15H,8-9H2,1-7H3. The van der Waals surface area contributed by atoms with E-state index in [-0.39, 0.29) is 12.0 Å². The minimum atomic E-state index is -2.40. The van der Waals surface area contributed by atoms with Gasteiger partial charge in [-0.3, -0.25) is 0 Å². The molecule has 4 rings (SSSR count). The average Bonchev–Trinajstić information content (AvgIpc) is 2.84. The molecule has 1 aliphatic heterocycles. The van der Waals surface area contributed by atoms with Gasteiger partial charge in [0.1, 0.15) is 28.0 Å². The second kappa shape index (κ2) is 9.48. The van der Waals surface area contributed by atoms with Crippen LogP contribution in [0.1, 0.15) is 40.4 Å². The van der Waals surface area contributed by atoms with Crippen molar-refractivity contribution in [3.8, 4) is 0 Å². The lowest BCUT2D eigenvalue weighted by molar-refractivity contribution is -0.462. The number of halogens is 3. The van der Waals surface area contributed by atoms with Gasteiger partial charge < -0.3 is 14.8 Å². The topological polar surface area (TPSA) is 46.4 Å². The summed E-state index contributed by atoms with van der Waals surface area (Å²) >= 11 is 0. The number of carboxylic acids is 1. The van der Waals surface area contributed by atoms with E-state index in [4.69, 9.17) is 0 Å². The van der Waals surface area contributed by atoms with Crippen molar-refractivity contribution in [1.82, 2.24) is 0 Å². The van der Waals surface area contributed by atoms with Crippen LogP contribution in [0.5, 0.6) is 0 Å². The number of nitrogens with zero attached hydrogens (tertiary/aromatic N) is 2. The molecule has 0 saturated heterocycles. The molecule has 0 saturated carbocycles. The lowest BCUT2D eigenvalue weighted by Crippen LogP contribution is -2.50. The molecule has 0 aromatic heterocycles. The molecule has 8 heteroatoms. The molecular formula is C29H31F3N2O2Si. The van der Waals surface area contributed by atoms with Gasteiger partial charge in [-0.25, -0.2) is 17.7 Å². The van der Waals surface area contributed by atoms with E-state index in [1.807, 2.05) is 74.1 Å². The number of fused-ring (bicyclic) bond motifs is 2. The molecule has 2 aliphatic rings. The minimum Gasteiger partial charge on any atom is -0.545 e. The summed E-state index contributed by atoms with van der Waals surface area (Å²) in [6.07, 6.45) is 6.03. The quantitative estimate of drug-likeness (QED) is 0.338. The van der Waals surface area contributed by atoms with Crippen LogP contribution in [0.25, 0.3) is 5.57 Å². The SMILES string of the molecule is CCCc1c(F)c(F)c(C(=O)[O-])c(C2=C3C=CC(=[N+](C)C)C=C3[Si](C)(C)c3cc(N(C)C)ccc32)c1F. The van der Waals surface area contributed by atoms with Crippen LogP contribution >= 0.6 is 0 Å². The molecule has 4 nitrogen and oxygen atoms in total. The van der Waals surface area contributed by atoms with Crippen molar-refractivity contribution in [1.29, 1.82) is 0 Å². The lowest BCUT2D eigenvalue weighted by atomic mass is 9.85. The highest BCUT2D eigenvalue weighted by Crippen LogP contribution is 2.44. The first-order valence-electron chi connectivity index (χ1n) is 12.2. The van der Waals surface area contributed by atoms with Gasteiger partial charge in [0, 0.05) is 48.6 Å². The number of hydrogen-bond donors (Lipinski definition) is 0. The highest BCUT2D eigenvalue weighted by molar-refractivity contribution is 6.98. The number of rotatable bonds is 5. The fourth-order valence-electron chi connectivity index (χ4n) is 5.26. The zero-order valence-electron chi connectivity index (χ0n) is 22.2. The summed E-state index contributed by atoms with van der Waals surface area (Å²) < 4.78 is 48.3. The molecule has 0 spiro atoms. The number of benzene rings is 2. The van der Waals surface area contributed by atoms with E-state index in [1.165, 1.54) is 0 Å². The predicted molar refractivity (Wildman–Crippen MR) is 143 cm³/mol. The number of aromatic carboxylic acids is 1. The Balaban J connectivity index is 2.24. The van der Waals surface area contributed by atoms with Crippen molar-refractivity contribution in [2.24, 2.45) is 0 Å². The molecule has 0 N–H and O–H groups in total. The van der Waals surface area contributed by atoms with Crippen molar-refractivity contribution in [3.05, 3.63) is 86.9 Å². The summed E-state index contributed by atoms with van der Waals surface area (Å²) in [5.74, 6) is -6.07. The molecule has 0 unspecified atom stereocenters. The molecule has 0 atom stereocenters. The molecule has 0 amide bonds. The Bertz CT molecular complexity index is 1460. The van der Waals surface area contributed by atoms with Crippen molar-refractivity contribution in [2.45, 2.75) is 32.9 Å². The average molecular weight is 525 g/mol. The molecule has 194 valence electrons. The van der Waals surface area contributed by atoms with Crippen LogP contribution in [-0.4, -0.2) is 52.5 Å². The van der Waals surface area contributed by atoms with Crippen LogP contribution in [0.15, 0.2) is 47.2 Å². The van der Waals surface area contributed by atoms with Gasteiger partial charge >= 0.3 is 0 Å². The molecular weight excluding hydrogens is 493 g/mol. The fourth-order valence-corrected chi connectivity index (χ4v) is 8.33. The second-order valence-corrected chi connectivity index (χ2v) is 14.8. The maximum atomic E-state index is 16.2. The molecule has 1 heterocycles. The van der Waals surface area contributed by atoms with Crippen LogP contribution in [0.3, 0.4) is 0 Å². The van der Waals surface area contributed by atoms with E-state index >= 15 is 8.78 Å². The first-order valence-corrected chi connectivity index (χ1v) is 15.2. The van der Waals surface area contributed by atoms with Gasteiger partial charge in [0.05, 0.1) is 5.97 Å². The Morgan fingerprint density at radius 3 is 2.30 bits per heavy atom. The largest absolute Gasteiger partial charge is 0.545 e. The molecule has 0 bridgehead atoms. The number of carboxylic acid groups (broad SMARTS) is 1. The Hall–Kier alpha value is -3.39. The highest BCUT2D eigenvalue weighted by atomic mass is 28.3. The zero-order chi connectivity index (χ0) is 27.4. The van der Waals surface area contributed by atoms with Crippen LogP contribution in [-0.2, 0) is 6.42 Å². The van der Waals surface area contributed by atoms with Gasteiger partial charge in [0.2, 0.25) is 0 Å². The Labute approximate surface area is 216 Å². The van der Waals surface area contributed by atoms with Crippen LogP contribution < -0.4 is 15.2 Å². The zero-order valence-corrected chi connectivity index (χ0v) is 23.2. The van der Waals surface area contributed by atoms with Crippen molar-refractivity contribution in [3.63, 3.8) is 0 Å². The third-order valence-electron chi connectivity index (χ3n) is 7.29. The molecule has 2 aromatic carbocycles. The van der Waals surface area contributed by atoms with E-state index in [0.717, 1.165) is 21.8 Å². The van der Waals surface area contributed by atoms with E-state index < -0.39 is 48.2 Å². The van der Waals surface area contributed by atoms with Gasteiger partial charge in [0.25, 0.3) is 0 Å². The smallest absolute Gasteiger partial charge is 0.199 e. The van der Waals surface area contributed by atoms with Gasteiger partial charge in [-0.15, -0.1) is 0 Å². The Morgan fingerprint density at radius 2 is 1.73 bits per heavy atom. The van der Waals surface area contributed by atoms with Crippen molar-refractivity contribution in [2.75, 3.05) is 33.1 Å².